The Kier molecular flexibility index (Phi) is 9.76. The van der Waals surface area contributed by atoms with Gasteiger partial charge >= 0.3 is 11.9 Å². The highest BCUT2D eigenvalue weighted by Gasteiger charge is 2.12. The second-order valence-electron chi connectivity index (χ2n) is 7.11. The summed E-state index contributed by atoms with van der Waals surface area (Å²) in [6.07, 6.45) is 0.374. The summed E-state index contributed by atoms with van der Waals surface area (Å²) in [5.41, 5.74) is 1.70. The molecule has 9 nitrogen and oxygen atoms in total. The first-order chi connectivity index (χ1) is 15.8. The standard InChI is InChI=1S/C24H26N2O7/c1-3-13-32-24(31)17-7-9-19(10-8-17)25-22(29)15-33-23(30)12-11-21(28)26-20-6-4-5-18(14-20)16(2)27/h4-10,14H,3,11-13,15H2,1-2H3,(H,25,29)(H,26,28). The second kappa shape index (κ2) is 12.7. The zero-order valence-electron chi connectivity index (χ0n) is 18.5. The van der Waals surface area contributed by atoms with Gasteiger partial charge in [0.2, 0.25) is 5.91 Å². The maximum absolute atomic E-state index is 12.0. The largest absolute Gasteiger partial charge is 0.462 e. The molecule has 0 fully saturated rings. The Morgan fingerprint density at radius 1 is 0.788 bits per heavy atom. The van der Waals surface area contributed by atoms with Crippen molar-refractivity contribution in [2.45, 2.75) is 33.1 Å². The van der Waals surface area contributed by atoms with Gasteiger partial charge in [-0.05, 0) is 49.7 Å². The molecule has 2 rings (SSSR count). The minimum atomic E-state index is -0.702. The number of ether oxygens (including phenoxy) is 2. The lowest BCUT2D eigenvalue weighted by molar-refractivity contribution is -0.147. The predicted molar refractivity (Wildman–Crippen MR) is 121 cm³/mol. The van der Waals surface area contributed by atoms with Gasteiger partial charge in [-0.3, -0.25) is 19.2 Å². The summed E-state index contributed by atoms with van der Waals surface area (Å²) in [5.74, 6) is -2.26. The third kappa shape index (κ3) is 8.94. The molecule has 0 saturated heterocycles. The highest BCUT2D eigenvalue weighted by atomic mass is 16.5. The van der Waals surface area contributed by atoms with Gasteiger partial charge in [-0.15, -0.1) is 0 Å². The van der Waals surface area contributed by atoms with Crippen LogP contribution in [0.15, 0.2) is 48.5 Å². The quantitative estimate of drug-likeness (QED) is 0.394. The van der Waals surface area contributed by atoms with Gasteiger partial charge < -0.3 is 20.1 Å². The van der Waals surface area contributed by atoms with Gasteiger partial charge in [0.05, 0.1) is 18.6 Å². The van der Waals surface area contributed by atoms with Crippen molar-refractivity contribution < 1.29 is 33.4 Å². The van der Waals surface area contributed by atoms with Crippen molar-refractivity contribution in [1.29, 1.82) is 0 Å². The van der Waals surface area contributed by atoms with Crippen LogP contribution in [-0.4, -0.2) is 42.7 Å². The molecule has 0 radical (unpaired) electrons. The third-order valence-electron chi connectivity index (χ3n) is 4.31. The third-order valence-corrected chi connectivity index (χ3v) is 4.31. The number of ketones is 1. The van der Waals surface area contributed by atoms with E-state index in [0.29, 0.717) is 29.1 Å². The summed E-state index contributed by atoms with van der Waals surface area (Å²) in [5, 5.41) is 5.15. The topological polar surface area (TPSA) is 128 Å². The van der Waals surface area contributed by atoms with E-state index in [1.807, 2.05) is 6.92 Å². The van der Waals surface area contributed by atoms with E-state index >= 15 is 0 Å². The number of nitrogens with one attached hydrogen (secondary N) is 2. The second-order valence-corrected chi connectivity index (χ2v) is 7.11. The van der Waals surface area contributed by atoms with Crippen LogP contribution in [0.5, 0.6) is 0 Å². The van der Waals surface area contributed by atoms with E-state index in [-0.39, 0.29) is 18.6 Å². The van der Waals surface area contributed by atoms with E-state index in [0.717, 1.165) is 6.42 Å². The van der Waals surface area contributed by atoms with Crippen LogP contribution in [-0.2, 0) is 23.9 Å². The summed E-state index contributed by atoms with van der Waals surface area (Å²) in [6, 6.07) is 12.6. The monoisotopic (exact) mass is 454 g/mol. The number of benzene rings is 2. The Hall–Kier alpha value is -4.01. The van der Waals surface area contributed by atoms with Crippen LogP contribution in [0.25, 0.3) is 0 Å². The van der Waals surface area contributed by atoms with Crippen molar-refractivity contribution in [3.63, 3.8) is 0 Å². The van der Waals surface area contributed by atoms with Crippen LogP contribution in [0.1, 0.15) is 53.8 Å². The van der Waals surface area contributed by atoms with Gasteiger partial charge in [-0.2, -0.15) is 0 Å². The summed E-state index contributed by atoms with van der Waals surface area (Å²) < 4.78 is 9.91. The fourth-order valence-electron chi connectivity index (χ4n) is 2.64. The summed E-state index contributed by atoms with van der Waals surface area (Å²) in [6.45, 7) is 3.13. The van der Waals surface area contributed by atoms with Gasteiger partial charge in [-0.25, -0.2) is 4.79 Å². The number of amides is 2. The Balaban J connectivity index is 1.71. The average Bonchev–Trinajstić information content (AvgIpc) is 2.80. The van der Waals surface area contributed by atoms with Gasteiger partial charge in [0.1, 0.15) is 0 Å². The number of hydrogen-bond donors (Lipinski definition) is 2. The fraction of sp³-hybridized carbons (Fsp3) is 0.292. The van der Waals surface area contributed by atoms with Crippen LogP contribution in [0.2, 0.25) is 0 Å². The predicted octanol–water partition coefficient (Wildman–Crippen LogP) is 3.36. The molecule has 0 atom stereocenters. The normalized spacial score (nSPS) is 10.1. The Morgan fingerprint density at radius 2 is 1.48 bits per heavy atom. The van der Waals surface area contributed by atoms with Crippen LogP contribution in [0.3, 0.4) is 0 Å². The number of anilines is 2. The Bertz CT molecular complexity index is 1020. The van der Waals surface area contributed by atoms with Crippen molar-refractivity contribution in [1.82, 2.24) is 0 Å². The molecule has 0 aliphatic heterocycles. The van der Waals surface area contributed by atoms with Crippen molar-refractivity contribution in [3.05, 3.63) is 59.7 Å². The zero-order valence-corrected chi connectivity index (χ0v) is 18.5. The molecule has 2 amide bonds. The van der Waals surface area contributed by atoms with Gasteiger partial charge in [0, 0.05) is 23.4 Å². The maximum atomic E-state index is 12.0. The number of esters is 2. The van der Waals surface area contributed by atoms with Crippen molar-refractivity contribution >= 4 is 40.9 Å². The number of rotatable bonds is 11. The SMILES string of the molecule is CCCOC(=O)c1ccc(NC(=O)COC(=O)CCC(=O)Nc2cccc(C(C)=O)c2)cc1. The van der Waals surface area contributed by atoms with E-state index < -0.39 is 30.4 Å². The van der Waals surface area contributed by atoms with E-state index in [2.05, 4.69) is 10.6 Å². The molecule has 0 aromatic heterocycles. The van der Waals surface area contributed by atoms with Crippen molar-refractivity contribution in [2.24, 2.45) is 0 Å². The first kappa shape index (κ1) is 25.3. The molecule has 0 saturated carbocycles. The molecule has 0 aliphatic rings. The van der Waals surface area contributed by atoms with Gasteiger partial charge in [0.15, 0.2) is 12.4 Å². The number of hydrogen-bond acceptors (Lipinski definition) is 7. The summed E-state index contributed by atoms with van der Waals surface area (Å²) in [4.78, 5) is 58.9. The average molecular weight is 454 g/mol. The number of carbonyl (C=O) groups is 5. The minimum Gasteiger partial charge on any atom is -0.462 e. The molecule has 0 heterocycles. The molecule has 2 aromatic rings. The van der Waals surface area contributed by atoms with Crippen LogP contribution in [0.4, 0.5) is 11.4 Å². The van der Waals surface area contributed by atoms with E-state index in [1.54, 1.807) is 24.3 Å². The van der Waals surface area contributed by atoms with Crippen molar-refractivity contribution in [3.8, 4) is 0 Å². The number of carbonyl (C=O) groups excluding carboxylic acids is 5. The lowest BCUT2D eigenvalue weighted by atomic mass is 10.1. The number of Topliss-reactive ketones (excluding diaryl/α,β-unsaturated/α-hetero) is 1. The molecule has 174 valence electrons. The van der Waals surface area contributed by atoms with Gasteiger partial charge in [0.25, 0.3) is 5.91 Å². The van der Waals surface area contributed by atoms with E-state index in [1.165, 1.54) is 31.2 Å². The molecule has 0 bridgehead atoms. The highest BCUT2D eigenvalue weighted by molar-refractivity contribution is 5.98. The molecular formula is C24H26N2O7. The molecule has 0 aliphatic carbocycles. The van der Waals surface area contributed by atoms with E-state index in [4.69, 9.17) is 9.47 Å². The first-order valence-corrected chi connectivity index (χ1v) is 10.4. The molecule has 2 aromatic carbocycles. The summed E-state index contributed by atoms with van der Waals surface area (Å²) >= 11 is 0. The van der Waals surface area contributed by atoms with Crippen LogP contribution < -0.4 is 10.6 Å². The molecule has 9 heteroatoms. The lowest BCUT2D eigenvalue weighted by Crippen LogP contribution is -2.21. The molecule has 2 N–H and O–H groups in total. The molecule has 0 spiro atoms. The molecule has 0 unspecified atom stereocenters. The maximum Gasteiger partial charge on any atom is 0.338 e. The van der Waals surface area contributed by atoms with E-state index in [9.17, 15) is 24.0 Å². The molecular weight excluding hydrogens is 428 g/mol. The van der Waals surface area contributed by atoms with Crippen molar-refractivity contribution in [2.75, 3.05) is 23.8 Å². The summed E-state index contributed by atoms with van der Waals surface area (Å²) in [7, 11) is 0. The lowest BCUT2D eigenvalue weighted by Gasteiger charge is -2.08. The Labute approximate surface area is 191 Å². The van der Waals surface area contributed by atoms with Crippen LogP contribution >= 0.6 is 0 Å². The smallest absolute Gasteiger partial charge is 0.338 e. The highest BCUT2D eigenvalue weighted by Crippen LogP contribution is 2.13. The fourth-order valence-corrected chi connectivity index (χ4v) is 2.64. The minimum absolute atomic E-state index is 0.127. The Morgan fingerprint density at radius 3 is 2.15 bits per heavy atom. The zero-order chi connectivity index (χ0) is 24.2. The molecule has 33 heavy (non-hydrogen) atoms. The van der Waals surface area contributed by atoms with Crippen LogP contribution in [0, 0.1) is 0 Å². The first-order valence-electron chi connectivity index (χ1n) is 10.4. The van der Waals surface area contributed by atoms with Gasteiger partial charge in [-0.1, -0.05) is 19.1 Å².